The van der Waals surface area contributed by atoms with Crippen LogP contribution in [-0.2, 0) is 4.79 Å². The molecule has 23 heavy (non-hydrogen) atoms. The highest BCUT2D eigenvalue weighted by molar-refractivity contribution is 5.76. The summed E-state index contributed by atoms with van der Waals surface area (Å²) in [7, 11) is 1.92. The molecule has 1 aromatic carbocycles. The molecule has 2 rings (SSSR count). The molecule has 0 spiro atoms. The van der Waals surface area contributed by atoms with Crippen LogP contribution in [0.5, 0.6) is 0 Å². The molecule has 1 amide bonds. The van der Waals surface area contributed by atoms with Crippen LogP contribution in [0.2, 0.25) is 0 Å². The van der Waals surface area contributed by atoms with E-state index >= 15 is 0 Å². The van der Waals surface area contributed by atoms with E-state index in [1.165, 1.54) is 12.1 Å². The molecule has 0 saturated carbocycles. The lowest BCUT2D eigenvalue weighted by Crippen LogP contribution is -2.49. The summed E-state index contributed by atoms with van der Waals surface area (Å²) < 4.78 is 13.0. The number of hydrogen-bond acceptors (Lipinski definition) is 4. The predicted octanol–water partition coefficient (Wildman–Crippen LogP) is 1.18. The molecule has 128 valence electrons. The first-order chi connectivity index (χ1) is 11.0. The van der Waals surface area contributed by atoms with Gasteiger partial charge in [0.15, 0.2) is 0 Å². The summed E-state index contributed by atoms with van der Waals surface area (Å²) in [6.45, 7) is 5.59. The van der Waals surface area contributed by atoms with E-state index in [4.69, 9.17) is 5.11 Å². The Morgan fingerprint density at radius 1 is 1.26 bits per heavy atom. The molecule has 0 aromatic heterocycles. The molecule has 1 unspecified atom stereocenters. The minimum Gasteiger partial charge on any atom is -0.395 e. The minimum absolute atomic E-state index is 0.0677. The second kappa shape index (κ2) is 8.26. The normalized spacial score (nSPS) is 16.7. The zero-order valence-electron chi connectivity index (χ0n) is 13.9. The van der Waals surface area contributed by atoms with Crippen LogP contribution in [0.3, 0.4) is 0 Å². The van der Waals surface area contributed by atoms with Gasteiger partial charge in [-0.05, 0) is 38.2 Å². The lowest BCUT2D eigenvalue weighted by atomic mass is 10.2. The Bertz CT molecular complexity index is 501. The van der Waals surface area contributed by atoms with Crippen molar-refractivity contribution >= 4 is 11.6 Å². The van der Waals surface area contributed by atoms with E-state index in [0.29, 0.717) is 26.1 Å². The number of carbonyl (C=O) groups is 1. The number of amides is 1. The number of aliphatic hydroxyl groups excluding tert-OH is 1. The van der Waals surface area contributed by atoms with Crippen molar-refractivity contribution in [3.63, 3.8) is 0 Å². The first-order valence-corrected chi connectivity index (χ1v) is 8.10. The fraction of sp³-hybridized carbons (Fsp3) is 0.588. The van der Waals surface area contributed by atoms with Gasteiger partial charge in [0.1, 0.15) is 5.82 Å². The molecule has 6 heteroatoms. The molecule has 1 fully saturated rings. The Balaban J connectivity index is 1.77. The summed E-state index contributed by atoms with van der Waals surface area (Å²) in [6, 6.07) is 6.55. The van der Waals surface area contributed by atoms with Gasteiger partial charge in [0, 0.05) is 50.9 Å². The topological polar surface area (TPSA) is 47.0 Å². The molecular formula is C17H26FN3O2. The average molecular weight is 323 g/mol. The molecule has 1 aromatic rings. The highest BCUT2D eigenvalue weighted by atomic mass is 19.1. The van der Waals surface area contributed by atoms with Crippen molar-refractivity contribution < 1.29 is 14.3 Å². The molecular weight excluding hydrogens is 297 g/mol. The van der Waals surface area contributed by atoms with E-state index < -0.39 is 0 Å². The van der Waals surface area contributed by atoms with Crippen LogP contribution in [0, 0.1) is 5.82 Å². The van der Waals surface area contributed by atoms with Crippen LogP contribution in [0.25, 0.3) is 0 Å². The third-order valence-electron chi connectivity index (χ3n) is 4.52. The van der Waals surface area contributed by atoms with Crippen LogP contribution in [0.15, 0.2) is 24.3 Å². The SMILES string of the molecule is CC(CO)N(C)CCC(=O)N1CCN(c2ccc(F)cc2)CC1. The van der Waals surface area contributed by atoms with Crippen LogP contribution >= 0.6 is 0 Å². The minimum atomic E-state index is -0.233. The van der Waals surface area contributed by atoms with Gasteiger partial charge in [0.05, 0.1) is 6.61 Å². The van der Waals surface area contributed by atoms with E-state index in [2.05, 4.69) is 4.90 Å². The summed E-state index contributed by atoms with van der Waals surface area (Å²) in [5.41, 5.74) is 0.995. The van der Waals surface area contributed by atoms with Crippen molar-refractivity contribution in [3.05, 3.63) is 30.1 Å². The van der Waals surface area contributed by atoms with Crippen molar-refractivity contribution in [2.75, 3.05) is 51.3 Å². The van der Waals surface area contributed by atoms with Crippen molar-refractivity contribution in [2.45, 2.75) is 19.4 Å². The number of anilines is 1. The maximum Gasteiger partial charge on any atom is 0.223 e. The van der Waals surface area contributed by atoms with Gasteiger partial charge in [0.25, 0.3) is 0 Å². The van der Waals surface area contributed by atoms with Crippen LogP contribution in [0.1, 0.15) is 13.3 Å². The van der Waals surface area contributed by atoms with Gasteiger partial charge in [-0.25, -0.2) is 4.39 Å². The third kappa shape index (κ3) is 4.91. The number of hydrogen-bond donors (Lipinski definition) is 1. The van der Waals surface area contributed by atoms with E-state index in [1.807, 2.05) is 23.8 Å². The van der Waals surface area contributed by atoms with Gasteiger partial charge in [-0.1, -0.05) is 0 Å². The second-order valence-corrected chi connectivity index (χ2v) is 6.11. The maximum atomic E-state index is 13.0. The summed E-state index contributed by atoms with van der Waals surface area (Å²) in [5, 5.41) is 9.11. The summed E-state index contributed by atoms with van der Waals surface area (Å²) in [6.07, 6.45) is 0.470. The second-order valence-electron chi connectivity index (χ2n) is 6.11. The zero-order chi connectivity index (χ0) is 16.8. The van der Waals surface area contributed by atoms with Crippen LogP contribution < -0.4 is 4.90 Å². The van der Waals surface area contributed by atoms with E-state index in [0.717, 1.165) is 18.8 Å². The van der Waals surface area contributed by atoms with Gasteiger partial charge in [0.2, 0.25) is 5.91 Å². The van der Waals surface area contributed by atoms with E-state index in [-0.39, 0.29) is 24.4 Å². The molecule has 0 radical (unpaired) electrons. The summed E-state index contributed by atoms with van der Waals surface area (Å²) in [4.78, 5) is 18.3. The Morgan fingerprint density at radius 3 is 2.43 bits per heavy atom. The molecule has 1 heterocycles. The predicted molar refractivity (Wildman–Crippen MR) is 89.0 cm³/mol. The number of halogens is 1. The average Bonchev–Trinajstić information content (AvgIpc) is 2.59. The molecule has 0 aliphatic carbocycles. The number of benzene rings is 1. The fourth-order valence-corrected chi connectivity index (χ4v) is 2.66. The van der Waals surface area contributed by atoms with Gasteiger partial charge in [-0.3, -0.25) is 4.79 Å². The van der Waals surface area contributed by atoms with Crippen molar-refractivity contribution in [3.8, 4) is 0 Å². The fourth-order valence-electron chi connectivity index (χ4n) is 2.66. The molecule has 5 nitrogen and oxygen atoms in total. The number of likely N-dealkylation sites (N-methyl/N-ethyl adjacent to an activating group) is 1. The highest BCUT2D eigenvalue weighted by Gasteiger charge is 2.21. The van der Waals surface area contributed by atoms with Crippen molar-refractivity contribution in [1.29, 1.82) is 0 Å². The quantitative estimate of drug-likeness (QED) is 0.854. The van der Waals surface area contributed by atoms with Crippen molar-refractivity contribution in [2.24, 2.45) is 0 Å². The third-order valence-corrected chi connectivity index (χ3v) is 4.52. The molecule has 1 atom stereocenters. The van der Waals surface area contributed by atoms with Crippen LogP contribution in [-0.4, -0.2) is 73.2 Å². The standard InChI is InChI=1S/C17H26FN3O2/c1-14(13-22)19(2)8-7-17(23)21-11-9-20(10-12-21)16-5-3-15(18)4-6-16/h3-6,14,22H,7-13H2,1-2H3. The maximum absolute atomic E-state index is 13.0. The Hall–Kier alpha value is -1.66. The Labute approximate surface area is 137 Å². The number of nitrogens with zero attached hydrogens (tertiary/aromatic N) is 3. The number of rotatable bonds is 6. The lowest BCUT2D eigenvalue weighted by molar-refractivity contribution is -0.131. The number of piperazine rings is 1. The van der Waals surface area contributed by atoms with Gasteiger partial charge in [-0.15, -0.1) is 0 Å². The largest absolute Gasteiger partial charge is 0.395 e. The Morgan fingerprint density at radius 2 is 1.87 bits per heavy atom. The Kier molecular flexibility index (Phi) is 6.36. The summed E-state index contributed by atoms with van der Waals surface area (Å²) >= 11 is 0. The monoisotopic (exact) mass is 323 g/mol. The van der Waals surface area contributed by atoms with Crippen molar-refractivity contribution in [1.82, 2.24) is 9.80 Å². The molecule has 0 bridgehead atoms. The molecule has 1 aliphatic heterocycles. The molecule has 1 aliphatic rings. The first-order valence-electron chi connectivity index (χ1n) is 8.10. The van der Waals surface area contributed by atoms with Gasteiger partial charge in [-0.2, -0.15) is 0 Å². The van der Waals surface area contributed by atoms with E-state index in [9.17, 15) is 9.18 Å². The lowest BCUT2D eigenvalue weighted by Gasteiger charge is -2.36. The van der Waals surface area contributed by atoms with Gasteiger partial charge < -0.3 is 19.8 Å². The van der Waals surface area contributed by atoms with Crippen LogP contribution in [0.4, 0.5) is 10.1 Å². The molecule has 1 saturated heterocycles. The smallest absolute Gasteiger partial charge is 0.223 e. The zero-order valence-corrected chi connectivity index (χ0v) is 13.9. The first kappa shape index (κ1) is 17.7. The van der Waals surface area contributed by atoms with E-state index in [1.54, 1.807) is 12.1 Å². The number of aliphatic hydroxyl groups is 1. The van der Waals surface area contributed by atoms with Gasteiger partial charge >= 0.3 is 0 Å². The summed E-state index contributed by atoms with van der Waals surface area (Å²) in [5.74, 6) is -0.0791. The molecule has 1 N–H and O–H groups in total. The number of carbonyl (C=O) groups excluding carboxylic acids is 1. The highest BCUT2D eigenvalue weighted by Crippen LogP contribution is 2.17.